The number of rotatable bonds is 2. The molecule has 0 bridgehead atoms. The van der Waals surface area contributed by atoms with Crippen LogP contribution in [-0.4, -0.2) is 17.7 Å². The summed E-state index contributed by atoms with van der Waals surface area (Å²) < 4.78 is 0. The monoisotopic (exact) mass is 329 g/mol. The lowest BCUT2D eigenvalue weighted by Crippen LogP contribution is -2.13. The summed E-state index contributed by atoms with van der Waals surface area (Å²) in [5.41, 5.74) is 4.76. The van der Waals surface area contributed by atoms with Crippen LogP contribution in [0.1, 0.15) is 11.1 Å². The molecule has 0 aliphatic carbocycles. The van der Waals surface area contributed by atoms with Gasteiger partial charge in [-0.05, 0) is 24.3 Å². The van der Waals surface area contributed by atoms with E-state index in [-0.39, 0.29) is 10.6 Å². The van der Waals surface area contributed by atoms with Crippen molar-refractivity contribution in [2.75, 3.05) is 11.9 Å². The zero-order valence-electron chi connectivity index (χ0n) is 13.6. The lowest BCUT2D eigenvalue weighted by Gasteiger charge is -2.21. The number of hydrogen-bond acceptors (Lipinski definition) is 4. The largest absolute Gasteiger partial charge is 0.342 e. The second-order valence-electron chi connectivity index (χ2n) is 5.80. The summed E-state index contributed by atoms with van der Waals surface area (Å²) in [6.07, 6.45) is 0. The Bertz CT molecular complexity index is 1010. The van der Waals surface area contributed by atoms with Gasteiger partial charge in [0.05, 0.1) is 33.3 Å². The molecule has 3 aromatic rings. The maximum Gasteiger partial charge on any atom is 0.278 e. The number of nitro groups is 1. The second kappa shape index (κ2) is 5.87. The Kier molecular flexibility index (Phi) is 3.54. The normalized spacial score (nSPS) is 12.7. The van der Waals surface area contributed by atoms with Gasteiger partial charge < -0.3 is 4.90 Å². The van der Waals surface area contributed by atoms with Gasteiger partial charge in [0.2, 0.25) is 0 Å². The number of fused-ring (bicyclic) bond motifs is 2. The summed E-state index contributed by atoms with van der Waals surface area (Å²) >= 11 is 0. The van der Waals surface area contributed by atoms with E-state index in [0.717, 1.165) is 22.6 Å². The van der Waals surface area contributed by atoms with Gasteiger partial charge in [-0.3, -0.25) is 10.1 Å². The number of benzene rings is 3. The van der Waals surface area contributed by atoms with Gasteiger partial charge in [0, 0.05) is 18.7 Å². The van der Waals surface area contributed by atoms with Crippen LogP contribution in [0.3, 0.4) is 0 Å². The first-order valence-corrected chi connectivity index (χ1v) is 7.91. The van der Waals surface area contributed by atoms with Crippen LogP contribution in [0, 0.1) is 10.1 Å². The molecule has 1 aliphatic rings. The molecule has 0 radical (unpaired) electrons. The molecule has 25 heavy (non-hydrogen) atoms. The topological polar surface area (TPSA) is 58.7 Å². The Hall–Kier alpha value is -3.47. The molecule has 0 atom stereocenters. The maximum atomic E-state index is 11.5. The van der Waals surface area contributed by atoms with E-state index < -0.39 is 0 Å². The SMILES string of the molecule is CN1c2ccccc2N=C(c2ccccc2[N+](=O)[O-])c2ccccc21. The fourth-order valence-electron chi connectivity index (χ4n) is 3.16. The van der Waals surface area contributed by atoms with Crippen molar-refractivity contribution in [1.82, 2.24) is 0 Å². The molecule has 0 amide bonds. The summed E-state index contributed by atoms with van der Waals surface area (Å²) in [5, 5.41) is 11.5. The Morgan fingerprint density at radius 3 is 2.20 bits per heavy atom. The van der Waals surface area contributed by atoms with E-state index in [1.807, 2.05) is 55.6 Å². The fourth-order valence-corrected chi connectivity index (χ4v) is 3.16. The molecular formula is C20H15N3O2. The van der Waals surface area contributed by atoms with Crippen LogP contribution in [0.2, 0.25) is 0 Å². The average Bonchev–Trinajstić information content (AvgIpc) is 2.77. The minimum absolute atomic E-state index is 0.0538. The number of hydrogen-bond donors (Lipinski definition) is 0. The highest BCUT2D eigenvalue weighted by Gasteiger charge is 2.25. The van der Waals surface area contributed by atoms with Crippen molar-refractivity contribution in [3.05, 3.63) is 94.0 Å². The molecular weight excluding hydrogens is 314 g/mol. The van der Waals surface area contributed by atoms with Crippen molar-refractivity contribution in [2.45, 2.75) is 0 Å². The first-order valence-electron chi connectivity index (χ1n) is 7.91. The molecule has 0 fully saturated rings. The van der Waals surface area contributed by atoms with Crippen LogP contribution in [0.5, 0.6) is 0 Å². The minimum Gasteiger partial charge on any atom is -0.342 e. The molecule has 0 aromatic heterocycles. The van der Waals surface area contributed by atoms with Crippen LogP contribution < -0.4 is 4.90 Å². The summed E-state index contributed by atoms with van der Waals surface area (Å²) in [6, 6.07) is 22.4. The van der Waals surface area contributed by atoms with E-state index >= 15 is 0 Å². The quantitative estimate of drug-likeness (QED) is 0.499. The maximum absolute atomic E-state index is 11.5. The van der Waals surface area contributed by atoms with E-state index in [9.17, 15) is 10.1 Å². The van der Waals surface area contributed by atoms with Crippen LogP contribution in [0.4, 0.5) is 22.7 Å². The third-order valence-electron chi connectivity index (χ3n) is 4.35. The van der Waals surface area contributed by atoms with Gasteiger partial charge >= 0.3 is 0 Å². The molecule has 5 nitrogen and oxygen atoms in total. The number of nitrogens with zero attached hydrogens (tertiary/aromatic N) is 3. The molecule has 5 heteroatoms. The lowest BCUT2D eigenvalue weighted by atomic mass is 9.99. The van der Waals surface area contributed by atoms with Crippen molar-refractivity contribution in [3.63, 3.8) is 0 Å². The Morgan fingerprint density at radius 2 is 1.44 bits per heavy atom. The number of anilines is 2. The third kappa shape index (κ3) is 2.46. The Balaban J connectivity index is 2.06. The standard InChI is InChI=1S/C20H15N3O2/c1-22-17-11-5-2-8-14(17)20(21-16-10-4-7-13-19(16)22)15-9-3-6-12-18(15)23(24)25/h2-13H,1H3. The van der Waals surface area contributed by atoms with Crippen molar-refractivity contribution in [3.8, 4) is 0 Å². The van der Waals surface area contributed by atoms with Crippen molar-refractivity contribution >= 4 is 28.5 Å². The predicted octanol–water partition coefficient (Wildman–Crippen LogP) is 4.85. The first-order chi connectivity index (χ1) is 12.2. The van der Waals surface area contributed by atoms with Gasteiger partial charge in [0.15, 0.2) is 0 Å². The molecule has 1 aliphatic heterocycles. The van der Waals surface area contributed by atoms with E-state index in [1.165, 1.54) is 6.07 Å². The van der Waals surface area contributed by atoms with E-state index in [1.54, 1.807) is 18.2 Å². The molecule has 0 N–H and O–H groups in total. The molecule has 0 saturated heterocycles. The van der Waals surface area contributed by atoms with E-state index in [2.05, 4.69) is 4.90 Å². The highest BCUT2D eigenvalue weighted by molar-refractivity contribution is 6.20. The lowest BCUT2D eigenvalue weighted by molar-refractivity contribution is -0.385. The van der Waals surface area contributed by atoms with Crippen LogP contribution in [-0.2, 0) is 0 Å². The van der Waals surface area contributed by atoms with Gasteiger partial charge in [-0.15, -0.1) is 0 Å². The molecule has 0 spiro atoms. The van der Waals surface area contributed by atoms with Gasteiger partial charge in [0.25, 0.3) is 5.69 Å². The van der Waals surface area contributed by atoms with Gasteiger partial charge in [-0.25, -0.2) is 4.99 Å². The average molecular weight is 329 g/mol. The van der Waals surface area contributed by atoms with Crippen LogP contribution in [0.15, 0.2) is 77.8 Å². The van der Waals surface area contributed by atoms with Crippen LogP contribution in [0.25, 0.3) is 0 Å². The highest BCUT2D eigenvalue weighted by atomic mass is 16.6. The van der Waals surface area contributed by atoms with Crippen molar-refractivity contribution in [1.29, 1.82) is 0 Å². The molecule has 1 heterocycles. The number of para-hydroxylation sites is 4. The Labute approximate surface area is 145 Å². The highest BCUT2D eigenvalue weighted by Crippen LogP contribution is 2.40. The van der Waals surface area contributed by atoms with Crippen molar-refractivity contribution < 1.29 is 4.92 Å². The predicted molar refractivity (Wildman–Crippen MR) is 99.3 cm³/mol. The smallest absolute Gasteiger partial charge is 0.278 e. The second-order valence-corrected chi connectivity index (χ2v) is 5.80. The summed E-state index contributed by atoms with van der Waals surface area (Å²) in [7, 11) is 1.98. The molecule has 0 saturated carbocycles. The van der Waals surface area contributed by atoms with Crippen molar-refractivity contribution in [2.24, 2.45) is 4.99 Å². The molecule has 122 valence electrons. The molecule has 3 aromatic carbocycles. The summed E-state index contributed by atoms with van der Waals surface area (Å²) in [4.78, 5) is 18.0. The van der Waals surface area contributed by atoms with Crippen LogP contribution >= 0.6 is 0 Å². The van der Waals surface area contributed by atoms with Gasteiger partial charge in [-0.1, -0.05) is 42.5 Å². The molecule has 0 unspecified atom stereocenters. The summed E-state index contributed by atoms with van der Waals surface area (Å²) in [6.45, 7) is 0. The Morgan fingerprint density at radius 1 is 0.840 bits per heavy atom. The number of aliphatic imine (C=N–C) groups is 1. The summed E-state index contributed by atoms with van der Waals surface area (Å²) in [5.74, 6) is 0. The third-order valence-corrected chi connectivity index (χ3v) is 4.35. The fraction of sp³-hybridized carbons (Fsp3) is 0.0500. The van der Waals surface area contributed by atoms with Gasteiger partial charge in [-0.2, -0.15) is 0 Å². The first kappa shape index (κ1) is 15.1. The minimum atomic E-state index is -0.360. The molecule has 4 rings (SSSR count). The number of nitro benzene ring substituents is 1. The zero-order chi connectivity index (χ0) is 17.4. The van der Waals surface area contributed by atoms with Gasteiger partial charge in [0.1, 0.15) is 0 Å². The zero-order valence-corrected chi connectivity index (χ0v) is 13.6. The van der Waals surface area contributed by atoms with E-state index in [4.69, 9.17) is 4.99 Å². The van der Waals surface area contributed by atoms with E-state index in [0.29, 0.717) is 11.3 Å².